The summed E-state index contributed by atoms with van der Waals surface area (Å²) in [6.45, 7) is 6.91. The molecule has 0 N–H and O–H groups in total. The molecule has 0 aliphatic carbocycles. The molecule has 0 aromatic heterocycles. The number of rotatable bonds is 3. The maximum atomic E-state index is 13.3. The number of fused-ring (bicyclic) bond motifs is 3. The number of ether oxygens (including phenoxy) is 1. The zero-order valence-electron chi connectivity index (χ0n) is 20.5. The Bertz CT molecular complexity index is 1160. The van der Waals surface area contributed by atoms with Crippen LogP contribution in [-0.4, -0.2) is 42.6 Å². The van der Waals surface area contributed by atoms with E-state index in [0.717, 1.165) is 41.6 Å². The third-order valence-electron chi connectivity index (χ3n) is 7.34. The van der Waals surface area contributed by atoms with Crippen LogP contribution in [0.2, 0.25) is 5.02 Å². The lowest BCUT2D eigenvalue weighted by Gasteiger charge is -2.36. The molecular formula is C29H33ClN2O2. The quantitative estimate of drug-likeness (QED) is 0.513. The number of hydrogen-bond donors (Lipinski definition) is 0. The van der Waals surface area contributed by atoms with Gasteiger partial charge >= 0.3 is 0 Å². The van der Waals surface area contributed by atoms with Gasteiger partial charge in [0.25, 0.3) is 5.91 Å². The van der Waals surface area contributed by atoms with E-state index in [2.05, 4.69) is 50.6 Å². The molecule has 2 saturated heterocycles. The molecule has 2 bridgehead atoms. The van der Waals surface area contributed by atoms with Crippen molar-refractivity contribution in [2.24, 2.45) is 5.41 Å². The second-order valence-electron chi connectivity index (χ2n) is 11.0. The van der Waals surface area contributed by atoms with Crippen LogP contribution in [0.5, 0.6) is 5.75 Å². The monoisotopic (exact) mass is 476 g/mol. The zero-order chi connectivity index (χ0) is 24.0. The first-order valence-corrected chi connectivity index (χ1v) is 12.7. The van der Waals surface area contributed by atoms with Crippen LogP contribution in [0, 0.1) is 17.3 Å². The van der Waals surface area contributed by atoms with Crippen LogP contribution in [0.15, 0.2) is 36.4 Å². The van der Waals surface area contributed by atoms with Gasteiger partial charge in [-0.2, -0.15) is 0 Å². The fourth-order valence-corrected chi connectivity index (χ4v) is 5.68. The Morgan fingerprint density at radius 3 is 2.47 bits per heavy atom. The molecule has 178 valence electrons. The van der Waals surface area contributed by atoms with Crippen molar-refractivity contribution in [1.29, 1.82) is 0 Å². The first kappa shape index (κ1) is 23.3. The Morgan fingerprint density at radius 1 is 1.06 bits per heavy atom. The van der Waals surface area contributed by atoms with Crippen molar-refractivity contribution >= 4 is 23.2 Å². The summed E-state index contributed by atoms with van der Waals surface area (Å²) in [6.07, 6.45) is 5.62. The molecule has 3 heterocycles. The topological polar surface area (TPSA) is 32.8 Å². The second kappa shape index (κ2) is 8.95. The van der Waals surface area contributed by atoms with E-state index in [4.69, 9.17) is 16.3 Å². The van der Waals surface area contributed by atoms with Crippen molar-refractivity contribution in [3.63, 3.8) is 0 Å². The molecule has 2 aromatic carbocycles. The van der Waals surface area contributed by atoms with Crippen LogP contribution in [0.1, 0.15) is 67.9 Å². The van der Waals surface area contributed by atoms with E-state index in [1.54, 1.807) is 0 Å². The van der Waals surface area contributed by atoms with Gasteiger partial charge in [-0.15, -0.1) is 0 Å². The van der Waals surface area contributed by atoms with Crippen molar-refractivity contribution < 1.29 is 9.53 Å². The molecule has 2 aromatic rings. The number of halogens is 1. The predicted octanol–water partition coefficient (Wildman–Crippen LogP) is 5.94. The Hall–Kier alpha value is -2.48. The van der Waals surface area contributed by atoms with Gasteiger partial charge in [-0.05, 0) is 102 Å². The van der Waals surface area contributed by atoms with Gasteiger partial charge in [0.1, 0.15) is 11.9 Å². The Morgan fingerprint density at radius 2 is 1.79 bits per heavy atom. The lowest BCUT2D eigenvalue weighted by molar-refractivity contribution is 0.0662. The van der Waals surface area contributed by atoms with E-state index in [1.165, 1.54) is 12.8 Å². The fraction of sp³-hybridized carbons (Fsp3) is 0.483. The fourth-order valence-electron chi connectivity index (χ4n) is 5.46. The molecule has 0 unspecified atom stereocenters. The molecule has 3 aliphatic rings. The van der Waals surface area contributed by atoms with E-state index in [-0.39, 0.29) is 17.4 Å². The van der Waals surface area contributed by atoms with Gasteiger partial charge in [-0.25, -0.2) is 0 Å². The predicted molar refractivity (Wildman–Crippen MR) is 138 cm³/mol. The Kier molecular flexibility index (Phi) is 6.12. The SMILES string of the molecule is CN1[C@@H]2CC[C@H]1C[C@@H](Oc1ccc(N3CCc4cc(C#CC(C)(C)C)ccc4C3=O)cc1Cl)C2. The minimum Gasteiger partial charge on any atom is -0.489 e. The van der Waals surface area contributed by atoms with Crippen LogP contribution in [0.3, 0.4) is 0 Å². The van der Waals surface area contributed by atoms with E-state index in [0.29, 0.717) is 29.4 Å². The summed E-state index contributed by atoms with van der Waals surface area (Å²) < 4.78 is 6.33. The van der Waals surface area contributed by atoms with Gasteiger partial charge in [0.05, 0.1) is 5.02 Å². The first-order valence-electron chi connectivity index (χ1n) is 12.3. The maximum absolute atomic E-state index is 13.3. The van der Waals surface area contributed by atoms with Gasteiger partial charge in [0.15, 0.2) is 0 Å². The van der Waals surface area contributed by atoms with Gasteiger partial charge in [-0.3, -0.25) is 4.79 Å². The molecule has 0 radical (unpaired) electrons. The highest BCUT2D eigenvalue weighted by Gasteiger charge is 2.39. The molecule has 3 atom stereocenters. The summed E-state index contributed by atoms with van der Waals surface area (Å²) in [6, 6.07) is 12.9. The van der Waals surface area contributed by atoms with Crippen LogP contribution < -0.4 is 9.64 Å². The minimum atomic E-state index is -0.0510. The molecule has 1 amide bonds. The summed E-state index contributed by atoms with van der Waals surface area (Å²) in [5.41, 5.74) is 3.52. The second-order valence-corrected chi connectivity index (χ2v) is 11.4. The lowest BCUT2D eigenvalue weighted by atomic mass is 9.94. The molecule has 0 spiro atoms. The molecule has 2 fully saturated rings. The number of carbonyl (C=O) groups excluding carboxylic acids is 1. The third kappa shape index (κ3) is 4.69. The highest BCUT2D eigenvalue weighted by Crippen LogP contribution is 2.38. The Balaban J connectivity index is 1.30. The van der Waals surface area contributed by atoms with E-state index >= 15 is 0 Å². The average Bonchev–Trinajstić information content (AvgIpc) is 2.99. The summed E-state index contributed by atoms with van der Waals surface area (Å²) in [5.74, 6) is 7.23. The number of anilines is 1. The lowest BCUT2D eigenvalue weighted by Crippen LogP contribution is -2.43. The van der Waals surface area contributed by atoms with Crippen molar-refractivity contribution in [1.82, 2.24) is 4.90 Å². The van der Waals surface area contributed by atoms with E-state index < -0.39 is 0 Å². The van der Waals surface area contributed by atoms with E-state index in [1.807, 2.05) is 35.2 Å². The smallest absolute Gasteiger partial charge is 0.258 e. The summed E-state index contributed by atoms with van der Waals surface area (Å²) in [4.78, 5) is 17.6. The standard InChI is InChI=1S/C29H33ClN2O2/c1-29(2,3)13-11-19-5-9-25-20(15-19)12-14-32(28(25)33)23-8-10-27(26(30)18-23)34-24-16-21-6-7-22(17-24)31(21)4/h5,8-10,15,18,21-22,24H,6-7,12,14,16-17H2,1-4H3/t21-,22+,24+. The normalized spacial score (nSPS) is 24.4. The summed E-state index contributed by atoms with van der Waals surface area (Å²) in [7, 11) is 2.23. The van der Waals surface area contributed by atoms with Crippen molar-refractivity contribution in [3.05, 3.63) is 58.1 Å². The highest BCUT2D eigenvalue weighted by atomic mass is 35.5. The number of hydrogen-bond acceptors (Lipinski definition) is 3. The van der Waals surface area contributed by atoms with Crippen molar-refractivity contribution in [2.75, 3.05) is 18.5 Å². The average molecular weight is 477 g/mol. The van der Waals surface area contributed by atoms with Gasteiger partial charge < -0.3 is 14.5 Å². The molecule has 0 saturated carbocycles. The first-order chi connectivity index (χ1) is 16.2. The maximum Gasteiger partial charge on any atom is 0.258 e. The summed E-state index contributed by atoms with van der Waals surface area (Å²) >= 11 is 6.64. The number of benzene rings is 2. The Labute approximate surface area is 208 Å². The number of nitrogens with zero attached hydrogens (tertiary/aromatic N) is 2. The summed E-state index contributed by atoms with van der Waals surface area (Å²) in [5, 5.41) is 0.565. The number of carbonyl (C=O) groups is 1. The van der Waals surface area contributed by atoms with Crippen molar-refractivity contribution in [3.8, 4) is 17.6 Å². The van der Waals surface area contributed by atoms with Gasteiger partial charge in [0.2, 0.25) is 0 Å². The van der Waals surface area contributed by atoms with Crippen LogP contribution in [0.4, 0.5) is 5.69 Å². The van der Waals surface area contributed by atoms with E-state index in [9.17, 15) is 4.79 Å². The number of piperidine rings is 1. The van der Waals surface area contributed by atoms with Crippen LogP contribution >= 0.6 is 11.6 Å². The molecular weight excluding hydrogens is 444 g/mol. The molecule has 3 aliphatic heterocycles. The van der Waals surface area contributed by atoms with Crippen LogP contribution in [0.25, 0.3) is 0 Å². The van der Waals surface area contributed by atoms with Crippen molar-refractivity contribution in [2.45, 2.75) is 71.1 Å². The molecule has 5 rings (SSSR count). The minimum absolute atomic E-state index is 0.00760. The number of amides is 1. The van der Waals surface area contributed by atoms with Gasteiger partial charge in [0, 0.05) is 40.9 Å². The van der Waals surface area contributed by atoms with Gasteiger partial charge in [-0.1, -0.05) is 23.4 Å². The zero-order valence-corrected chi connectivity index (χ0v) is 21.3. The molecule has 4 nitrogen and oxygen atoms in total. The molecule has 5 heteroatoms. The molecule has 34 heavy (non-hydrogen) atoms. The third-order valence-corrected chi connectivity index (χ3v) is 7.64. The largest absolute Gasteiger partial charge is 0.489 e. The van der Waals surface area contributed by atoms with Crippen LogP contribution in [-0.2, 0) is 6.42 Å². The highest BCUT2D eigenvalue weighted by molar-refractivity contribution is 6.32.